The van der Waals surface area contributed by atoms with Gasteiger partial charge in [0.25, 0.3) is 5.89 Å². The fourth-order valence-corrected chi connectivity index (χ4v) is 2.46. The monoisotopic (exact) mass is 346 g/mol. The first-order valence-corrected chi connectivity index (χ1v) is 8.12. The normalized spacial score (nSPS) is 10.7. The van der Waals surface area contributed by atoms with E-state index in [1.807, 2.05) is 55.5 Å². The molecular weight excluding hydrogens is 331 g/mol. The van der Waals surface area contributed by atoms with E-state index < -0.39 is 0 Å². The fraction of sp³-hybridized carbons (Fsp3) is 0.0476. The van der Waals surface area contributed by atoms with Crippen molar-refractivity contribution in [2.45, 2.75) is 6.92 Å². The first-order valence-electron chi connectivity index (χ1n) is 8.12. The minimum Gasteiger partial charge on any atom is -0.457 e. The molecule has 0 bridgehead atoms. The lowest BCUT2D eigenvalue weighted by Crippen LogP contribution is -1.86. The predicted octanol–water partition coefficient (Wildman–Crippen LogP) is 5.64. The molecule has 1 aromatic heterocycles. The molecule has 0 amide bonds. The zero-order chi connectivity index (χ0) is 17.9. The average Bonchev–Trinajstić information content (AvgIpc) is 3.15. The van der Waals surface area contributed by atoms with E-state index >= 15 is 0 Å². The van der Waals surface area contributed by atoms with E-state index in [2.05, 4.69) is 10.1 Å². The van der Waals surface area contributed by atoms with Crippen molar-refractivity contribution >= 4 is 0 Å². The van der Waals surface area contributed by atoms with E-state index in [-0.39, 0.29) is 5.82 Å². The molecule has 26 heavy (non-hydrogen) atoms. The third kappa shape index (κ3) is 3.47. The van der Waals surface area contributed by atoms with E-state index in [9.17, 15) is 4.39 Å². The van der Waals surface area contributed by atoms with Crippen LogP contribution in [0.4, 0.5) is 4.39 Å². The van der Waals surface area contributed by atoms with Crippen LogP contribution < -0.4 is 4.74 Å². The number of aryl methyl sites for hydroxylation is 1. The molecule has 0 unspecified atom stereocenters. The number of ether oxygens (including phenoxy) is 1. The Morgan fingerprint density at radius 3 is 2.00 bits per heavy atom. The molecule has 0 aliphatic carbocycles. The minimum atomic E-state index is -0.308. The van der Waals surface area contributed by atoms with Gasteiger partial charge in [-0.15, -0.1) is 0 Å². The highest BCUT2D eigenvalue weighted by molar-refractivity contribution is 5.60. The van der Waals surface area contributed by atoms with E-state index in [1.54, 1.807) is 12.1 Å². The molecule has 0 radical (unpaired) electrons. The summed E-state index contributed by atoms with van der Waals surface area (Å²) in [4.78, 5) is 4.36. The van der Waals surface area contributed by atoms with Crippen molar-refractivity contribution in [3.05, 3.63) is 84.2 Å². The lowest BCUT2D eigenvalue weighted by molar-refractivity contribution is 0.432. The van der Waals surface area contributed by atoms with Gasteiger partial charge in [-0.2, -0.15) is 4.98 Å². The summed E-state index contributed by atoms with van der Waals surface area (Å²) in [5, 5.41) is 3.99. The van der Waals surface area contributed by atoms with E-state index in [4.69, 9.17) is 9.26 Å². The molecule has 0 aliphatic rings. The summed E-state index contributed by atoms with van der Waals surface area (Å²) in [6, 6.07) is 21.2. The maximum absolute atomic E-state index is 13.0. The van der Waals surface area contributed by atoms with Crippen LogP contribution in [-0.4, -0.2) is 10.1 Å². The number of hydrogen-bond acceptors (Lipinski definition) is 4. The van der Waals surface area contributed by atoms with Crippen LogP contribution in [0.2, 0.25) is 0 Å². The molecule has 5 heteroatoms. The van der Waals surface area contributed by atoms with Gasteiger partial charge in [0.2, 0.25) is 5.82 Å². The van der Waals surface area contributed by atoms with Crippen LogP contribution in [0.25, 0.3) is 22.8 Å². The van der Waals surface area contributed by atoms with Gasteiger partial charge in [-0.3, -0.25) is 0 Å². The minimum absolute atomic E-state index is 0.308. The molecule has 4 nitrogen and oxygen atoms in total. The summed E-state index contributed by atoms with van der Waals surface area (Å²) < 4.78 is 24.1. The standard InChI is InChI=1S/C21H15FN2O2/c1-14-2-10-18(11-3-14)25-19-12-6-15(7-13-19)20-23-21(26-24-20)16-4-8-17(22)9-5-16/h2-13H,1H3. The molecule has 0 saturated carbocycles. The maximum Gasteiger partial charge on any atom is 0.258 e. The smallest absolute Gasteiger partial charge is 0.258 e. The van der Waals surface area contributed by atoms with Crippen molar-refractivity contribution in [2.24, 2.45) is 0 Å². The van der Waals surface area contributed by atoms with Crippen LogP contribution in [0.5, 0.6) is 11.5 Å². The number of nitrogens with zero attached hydrogens (tertiary/aromatic N) is 2. The van der Waals surface area contributed by atoms with E-state index in [0.29, 0.717) is 17.3 Å². The zero-order valence-electron chi connectivity index (χ0n) is 14.0. The van der Waals surface area contributed by atoms with Crippen LogP contribution in [-0.2, 0) is 0 Å². The highest BCUT2D eigenvalue weighted by Gasteiger charge is 2.11. The largest absolute Gasteiger partial charge is 0.457 e. The van der Waals surface area contributed by atoms with Crippen LogP contribution in [0, 0.1) is 12.7 Å². The second-order valence-corrected chi connectivity index (χ2v) is 5.87. The first kappa shape index (κ1) is 16.0. The highest BCUT2D eigenvalue weighted by Crippen LogP contribution is 2.26. The Labute approximate surface area is 149 Å². The first-order chi connectivity index (χ1) is 12.7. The topological polar surface area (TPSA) is 48.2 Å². The molecule has 0 atom stereocenters. The Morgan fingerprint density at radius 1 is 0.769 bits per heavy atom. The Morgan fingerprint density at radius 2 is 1.35 bits per heavy atom. The molecule has 3 aromatic carbocycles. The summed E-state index contributed by atoms with van der Waals surface area (Å²) in [7, 11) is 0. The number of benzene rings is 3. The van der Waals surface area contributed by atoms with Crippen molar-refractivity contribution < 1.29 is 13.7 Å². The Hall–Kier alpha value is -3.47. The molecule has 0 N–H and O–H groups in total. The maximum atomic E-state index is 13.0. The SMILES string of the molecule is Cc1ccc(Oc2ccc(-c3noc(-c4ccc(F)cc4)n3)cc2)cc1. The number of hydrogen-bond donors (Lipinski definition) is 0. The van der Waals surface area contributed by atoms with Crippen LogP contribution in [0.1, 0.15) is 5.56 Å². The van der Waals surface area contributed by atoms with Gasteiger partial charge in [-0.1, -0.05) is 22.9 Å². The molecule has 4 aromatic rings. The number of rotatable bonds is 4. The highest BCUT2D eigenvalue weighted by atomic mass is 19.1. The molecule has 0 aliphatic heterocycles. The lowest BCUT2D eigenvalue weighted by Gasteiger charge is -2.06. The molecule has 0 spiro atoms. The zero-order valence-corrected chi connectivity index (χ0v) is 14.0. The predicted molar refractivity (Wildman–Crippen MR) is 96.4 cm³/mol. The molecule has 0 fully saturated rings. The molecule has 0 saturated heterocycles. The van der Waals surface area contributed by atoms with Gasteiger partial charge in [0.1, 0.15) is 17.3 Å². The number of halogens is 1. The van der Waals surface area contributed by atoms with Crippen LogP contribution in [0.3, 0.4) is 0 Å². The summed E-state index contributed by atoms with van der Waals surface area (Å²) in [6.45, 7) is 2.03. The average molecular weight is 346 g/mol. The van der Waals surface area contributed by atoms with E-state index in [1.165, 1.54) is 17.7 Å². The van der Waals surface area contributed by atoms with Gasteiger partial charge in [0.15, 0.2) is 0 Å². The number of aromatic nitrogens is 2. The van der Waals surface area contributed by atoms with Crippen molar-refractivity contribution in [1.29, 1.82) is 0 Å². The van der Waals surface area contributed by atoms with Gasteiger partial charge >= 0.3 is 0 Å². The second kappa shape index (κ2) is 6.80. The summed E-state index contributed by atoms with van der Waals surface area (Å²) >= 11 is 0. The summed E-state index contributed by atoms with van der Waals surface area (Å²) in [6.07, 6.45) is 0. The Balaban J connectivity index is 1.52. The molecule has 128 valence electrons. The third-order valence-corrected chi connectivity index (χ3v) is 3.89. The van der Waals surface area contributed by atoms with Crippen molar-refractivity contribution in [3.8, 4) is 34.3 Å². The summed E-state index contributed by atoms with van der Waals surface area (Å²) in [5.74, 6) is 2.00. The van der Waals surface area contributed by atoms with Gasteiger partial charge in [0.05, 0.1) is 0 Å². The quantitative estimate of drug-likeness (QED) is 0.479. The third-order valence-electron chi connectivity index (χ3n) is 3.89. The molecular formula is C21H15FN2O2. The van der Waals surface area contributed by atoms with Crippen molar-refractivity contribution in [1.82, 2.24) is 10.1 Å². The molecule has 4 rings (SSSR count). The fourth-order valence-electron chi connectivity index (χ4n) is 2.46. The van der Waals surface area contributed by atoms with Crippen LogP contribution in [0.15, 0.2) is 77.3 Å². The van der Waals surface area contributed by atoms with Gasteiger partial charge in [-0.25, -0.2) is 4.39 Å². The molecule has 1 heterocycles. The van der Waals surface area contributed by atoms with Crippen LogP contribution >= 0.6 is 0 Å². The van der Waals surface area contributed by atoms with Gasteiger partial charge in [-0.05, 0) is 67.6 Å². The summed E-state index contributed by atoms with van der Waals surface area (Å²) in [5.41, 5.74) is 2.66. The Kier molecular flexibility index (Phi) is 4.19. The lowest BCUT2D eigenvalue weighted by atomic mass is 10.2. The van der Waals surface area contributed by atoms with Crippen molar-refractivity contribution in [3.63, 3.8) is 0 Å². The van der Waals surface area contributed by atoms with Gasteiger partial charge in [0, 0.05) is 11.1 Å². The van der Waals surface area contributed by atoms with Crippen molar-refractivity contribution in [2.75, 3.05) is 0 Å². The Bertz CT molecular complexity index is 1010. The second-order valence-electron chi connectivity index (χ2n) is 5.87. The van der Waals surface area contributed by atoms with E-state index in [0.717, 1.165) is 17.1 Å². The van der Waals surface area contributed by atoms with Gasteiger partial charge < -0.3 is 9.26 Å².